The van der Waals surface area contributed by atoms with Crippen LogP contribution in [0, 0.1) is 18.7 Å². The van der Waals surface area contributed by atoms with E-state index in [1.807, 2.05) is 0 Å². The molecule has 1 aliphatic heterocycles. The highest BCUT2D eigenvalue weighted by molar-refractivity contribution is 6.28. The molecule has 1 fully saturated rings. The number of aliphatic hydroxyl groups is 5. The smallest absolute Gasteiger partial charge is 0.341 e. The third-order valence-electron chi connectivity index (χ3n) is 11.9. The summed E-state index contributed by atoms with van der Waals surface area (Å²) < 4.78 is 36.0. The predicted octanol–water partition coefficient (Wildman–Crippen LogP) is 0.893. The third kappa shape index (κ3) is 5.24. The SMILES string of the molecule is COC(=O)c1c(C)cc2c(c1O)[C@]1(O)C(=O)c3cc4c(c(O)c3C(=O)[C@]1(OC)[C@H](O)C2)C(=O)CC(=N[C@H]1O[C@@H](C)[C@H](OC)[C@@H](O)[C@H]1CO)C4(O)c1ccc(F)cc1. The molecule has 0 saturated carbocycles. The molecule has 3 aromatic carbocycles. The number of aliphatic hydroxyl groups excluding tert-OH is 3. The first-order chi connectivity index (χ1) is 26.9. The fourth-order valence-corrected chi connectivity index (χ4v) is 9.15. The number of hydrogen-bond acceptors (Lipinski definition) is 16. The van der Waals surface area contributed by atoms with Gasteiger partial charge in [-0.15, -0.1) is 0 Å². The Labute approximate surface area is 323 Å². The van der Waals surface area contributed by atoms with Crippen LogP contribution in [0.3, 0.4) is 0 Å². The molecule has 9 atom stereocenters. The van der Waals surface area contributed by atoms with Gasteiger partial charge in [0.1, 0.15) is 29.0 Å². The lowest BCUT2D eigenvalue weighted by molar-refractivity contribution is -0.207. The van der Waals surface area contributed by atoms with Crippen LogP contribution < -0.4 is 0 Å². The van der Waals surface area contributed by atoms with Gasteiger partial charge in [-0.05, 0) is 48.7 Å². The average Bonchev–Trinajstić information content (AvgIpc) is 3.16. The molecule has 0 amide bonds. The van der Waals surface area contributed by atoms with E-state index < -0.39 is 153 Å². The van der Waals surface area contributed by atoms with Crippen molar-refractivity contribution in [2.24, 2.45) is 10.9 Å². The Hall–Kier alpha value is -4.98. The summed E-state index contributed by atoms with van der Waals surface area (Å²) in [6.07, 6.45) is -7.74. The van der Waals surface area contributed by atoms with Crippen molar-refractivity contribution < 1.29 is 78.3 Å². The molecule has 3 aromatic rings. The molecule has 1 unspecified atom stereocenters. The van der Waals surface area contributed by atoms with E-state index in [9.17, 15) is 54.5 Å². The molecule has 0 bridgehead atoms. The second-order valence-electron chi connectivity index (χ2n) is 14.7. The molecule has 7 rings (SSSR count). The van der Waals surface area contributed by atoms with Crippen molar-refractivity contribution in [3.63, 3.8) is 0 Å². The van der Waals surface area contributed by atoms with E-state index in [0.29, 0.717) is 0 Å². The molecular formula is C40H40FNO15. The maximum Gasteiger partial charge on any atom is 0.341 e. The van der Waals surface area contributed by atoms with E-state index >= 15 is 4.79 Å². The fourth-order valence-electron chi connectivity index (χ4n) is 9.15. The summed E-state index contributed by atoms with van der Waals surface area (Å²) in [7, 11) is 3.26. The summed E-state index contributed by atoms with van der Waals surface area (Å²) in [4.78, 5) is 61.3. The third-order valence-corrected chi connectivity index (χ3v) is 11.9. The fraction of sp³-hybridized carbons (Fsp3) is 0.425. The number of benzene rings is 3. The van der Waals surface area contributed by atoms with Gasteiger partial charge in [0.25, 0.3) is 0 Å². The van der Waals surface area contributed by atoms with Gasteiger partial charge in [-0.3, -0.25) is 19.4 Å². The number of halogens is 1. The van der Waals surface area contributed by atoms with Crippen LogP contribution in [0.5, 0.6) is 11.5 Å². The summed E-state index contributed by atoms with van der Waals surface area (Å²) in [5, 5.41) is 82.1. The number of phenols is 2. The van der Waals surface area contributed by atoms with Crippen molar-refractivity contribution in [3.05, 3.63) is 92.3 Å². The molecule has 17 heteroatoms. The number of fused-ring (bicyclic) bond motifs is 5. The first-order valence-electron chi connectivity index (χ1n) is 17.9. The molecular weight excluding hydrogens is 753 g/mol. The van der Waals surface area contributed by atoms with Gasteiger partial charge in [0.2, 0.25) is 11.6 Å². The monoisotopic (exact) mass is 793 g/mol. The normalized spacial score (nSPS) is 32.7. The van der Waals surface area contributed by atoms with Crippen molar-refractivity contribution in [1.29, 1.82) is 0 Å². The lowest BCUT2D eigenvalue weighted by Gasteiger charge is -2.53. The molecule has 0 aromatic heterocycles. The van der Waals surface area contributed by atoms with Crippen molar-refractivity contribution in [2.75, 3.05) is 27.9 Å². The Morgan fingerprint density at radius 1 is 1.00 bits per heavy atom. The van der Waals surface area contributed by atoms with Crippen molar-refractivity contribution in [3.8, 4) is 11.5 Å². The molecule has 4 aliphatic rings. The maximum atomic E-state index is 15.0. The number of carbonyl (C=O) groups excluding carboxylic acids is 4. The Kier molecular flexibility index (Phi) is 9.77. The first-order valence-corrected chi connectivity index (χ1v) is 17.9. The summed E-state index contributed by atoms with van der Waals surface area (Å²) >= 11 is 0. The number of Topliss-reactive ketones (excluding diaryl/α,β-unsaturated/α-hetero) is 3. The predicted molar refractivity (Wildman–Crippen MR) is 192 cm³/mol. The van der Waals surface area contributed by atoms with Crippen molar-refractivity contribution in [1.82, 2.24) is 0 Å². The van der Waals surface area contributed by atoms with Gasteiger partial charge in [-0.2, -0.15) is 0 Å². The van der Waals surface area contributed by atoms with E-state index in [1.165, 1.54) is 20.1 Å². The zero-order valence-corrected chi connectivity index (χ0v) is 31.3. The number of aryl methyl sites for hydroxylation is 1. The summed E-state index contributed by atoms with van der Waals surface area (Å²) in [6, 6.07) is 6.43. The van der Waals surface area contributed by atoms with Crippen LogP contribution in [-0.2, 0) is 36.6 Å². The topological polar surface area (TPSA) is 259 Å². The lowest BCUT2D eigenvalue weighted by atomic mass is 9.56. The van der Waals surface area contributed by atoms with Gasteiger partial charge in [0, 0.05) is 37.3 Å². The maximum absolute atomic E-state index is 15.0. The zero-order valence-electron chi connectivity index (χ0n) is 31.3. The van der Waals surface area contributed by atoms with E-state index in [2.05, 4.69) is 4.99 Å². The minimum Gasteiger partial charge on any atom is -0.507 e. The Morgan fingerprint density at radius 3 is 2.26 bits per heavy atom. The quantitative estimate of drug-likeness (QED) is 0.171. The first kappa shape index (κ1) is 40.2. The number of methoxy groups -OCH3 is 3. The van der Waals surface area contributed by atoms with Gasteiger partial charge in [-0.1, -0.05) is 18.2 Å². The number of ether oxygens (including phenoxy) is 4. The molecule has 0 spiro atoms. The second-order valence-corrected chi connectivity index (χ2v) is 14.7. The molecule has 3 aliphatic carbocycles. The van der Waals surface area contributed by atoms with Gasteiger partial charge in [0.05, 0.1) is 61.2 Å². The van der Waals surface area contributed by atoms with Crippen LogP contribution in [0.2, 0.25) is 0 Å². The highest BCUT2D eigenvalue weighted by Gasteiger charge is 2.73. The number of ketones is 3. The van der Waals surface area contributed by atoms with Gasteiger partial charge >= 0.3 is 5.97 Å². The molecule has 1 heterocycles. The van der Waals surface area contributed by atoms with E-state index in [1.54, 1.807) is 6.92 Å². The minimum atomic E-state index is -3.32. The Morgan fingerprint density at radius 2 is 1.67 bits per heavy atom. The van der Waals surface area contributed by atoms with Crippen LogP contribution in [0.1, 0.15) is 82.6 Å². The van der Waals surface area contributed by atoms with Crippen molar-refractivity contribution in [2.45, 2.75) is 74.1 Å². The largest absolute Gasteiger partial charge is 0.507 e. The Bertz CT molecular complexity index is 2280. The van der Waals surface area contributed by atoms with Crippen LogP contribution in [0.15, 0.2) is 41.4 Å². The Balaban J connectivity index is 1.52. The minimum absolute atomic E-state index is 0.0439. The molecule has 1 saturated heterocycles. The van der Waals surface area contributed by atoms with Gasteiger partial charge in [-0.25, -0.2) is 9.18 Å². The number of aromatic hydroxyl groups is 2. The average molecular weight is 794 g/mol. The van der Waals surface area contributed by atoms with Crippen LogP contribution >= 0.6 is 0 Å². The molecule has 7 N–H and O–H groups in total. The van der Waals surface area contributed by atoms with Crippen LogP contribution in [-0.4, -0.2) is 129 Å². The lowest BCUT2D eigenvalue weighted by Crippen LogP contribution is -2.73. The molecule has 0 radical (unpaired) electrons. The number of carbonyl (C=O) groups is 4. The second kappa shape index (κ2) is 13.8. The standard InChI is InChI=1S/C40H40FNO15/c1-15-10-17-11-25(45)40(56-5)35(50)27-20(34(49)39(40,53)29(17)32(48)26(15)37(51)55-4)12-22-28(31(27)47)23(44)13-24(38(22,52)18-6-8-19(41)9-7-18)42-36-21(14-43)30(46)33(54-3)16(2)57-36/h6-10,12,16,21,25,30,33,36,43,45-48,52-53H,11,13-14H2,1-5H3/t16-,21+,25+,30-,33-,36-,38?,39-,40+/m0/s1. The molecule has 57 heavy (non-hydrogen) atoms. The van der Waals surface area contributed by atoms with E-state index in [4.69, 9.17) is 18.9 Å². The molecule has 302 valence electrons. The number of nitrogens with zero attached hydrogens (tertiary/aromatic N) is 1. The summed E-state index contributed by atoms with van der Waals surface area (Å²) in [5.41, 5.74) is -13.4. The number of rotatable bonds is 6. The van der Waals surface area contributed by atoms with Gasteiger partial charge < -0.3 is 54.7 Å². The van der Waals surface area contributed by atoms with Crippen molar-refractivity contribution >= 4 is 29.0 Å². The summed E-state index contributed by atoms with van der Waals surface area (Å²) in [5.74, 6) is -8.79. The number of phenolic OH excluding ortho intramolecular Hbond substituents is 2. The highest BCUT2D eigenvalue weighted by atomic mass is 19.1. The van der Waals surface area contributed by atoms with E-state index in [0.717, 1.165) is 44.6 Å². The number of hydrogen-bond donors (Lipinski definition) is 7. The summed E-state index contributed by atoms with van der Waals surface area (Å²) in [6.45, 7) is 2.31. The van der Waals surface area contributed by atoms with Gasteiger partial charge in [0.15, 0.2) is 28.8 Å². The molecule has 16 nitrogen and oxygen atoms in total. The number of esters is 1. The highest BCUT2D eigenvalue weighted by Crippen LogP contribution is 2.57. The number of aliphatic imine (C=N–C) groups is 1. The zero-order chi connectivity index (χ0) is 41.7. The van der Waals surface area contributed by atoms with E-state index in [-0.39, 0.29) is 16.7 Å². The van der Waals surface area contributed by atoms with Crippen LogP contribution in [0.25, 0.3) is 0 Å². The van der Waals surface area contributed by atoms with Crippen LogP contribution in [0.4, 0.5) is 4.39 Å².